The van der Waals surface area contributed by atoms with Gasteiger partial charge in [0.1, 0.15) is 0 Å². The summed E-state index contributed by atoms with van der Waals surface area (Å²) >= 11 is 0. The van der Waals surface area contributed by atoms with Crippen molar-refractivity contribution in [2.24, 2.45) is 5.41 Å². The Labute approximate surface area is 63.8 Å². The summed E-state index contributed by atoms with van der Waals surface area (Å²) in [5.74, 6) is 0. The van der Waals surface area contributed by atoms with E-state index in [0.717, 1.165) is 19.3 Å². The first-order valence-electron chi connectivity index (χ1n) is 4.24. The van der Waals surface area contributed by atoms with Gasteiger partial charge in [-0.25, -0.2) is 0 Å². The van der Waals surface area contributed by atoms with Crippen molar-refractivity contribution in [2.45, 2.75) is 46.5 Å². The maximum Gasteiger partial charge on any atom is 0.0899 e. The van der Waals surface area contributed by atoms with E-state index in [0.29, 0.717) is 0 Å². The van der Waals surface area contributed by atoms with Crippen LogP contribution in [0.2, 0.25) is 0 Å². The Kier molecular flexibility index (Phi) is 4.67. The zero-order chi connectivity index (χ0) is 8.04. The Balaban J connectivity index is 3.69. The van der Waals surface area contributed by atoms with E-state index in [-0.39, 0.29) is 12.1 Å². The van der Waals surface area contributed by atoms with Gasteiger partial charge in [0.25, 0.3) is 0 Å². The summed E-state index contributed by atoms with van der Waals surface area (Å²) in [7, 11) is 0. The third kappa shape index (κ3) is 3.19. The van der Waals surface area contributed by atoms with Gasteiger partial charge >= 0.3 is 0 Å². The molecule has 0 bridgehead atoms. The Morgan fingerprint density at radius 1 is 1.20 bits per heavy atom. The molecule has 1 heteroatoms. The predicted molar refractivity (Wildman–Crippen MR) is 43.9 cm³/mol. The molecule has 0 aromatic rings. The standard InChI is InChI=1S/C9H19F/c1-4-6-9(3,5-2)7-8-10/h4-8H2,1-3H3. The van der Waals surface area contributed by atoms with Gasteiger partial charge in [0.15, 0.2) is 0 Å². The lowest BCUT2D eigenvalue weighted by molar-refractivity contribution is 0.229. The van der Waals surface area contributed by atoms with E-state index in [9.17, 15) is 4.39 Å². The lowest BCUT2D eigenvalue weighted by Crippen LogP contribution is -2.15. The lowest BCUT2D eigenvalue weighted by Gasteiger charge is -2.26. The van der Waals surface area contributed by atoms with E-state index in [1.165, 1.54) is 6.42 Å². The fourth-order valence-corrected chi connectivity index (χ4v) is 1.31. The smallest absolute Gasteiger partial charge is 0.0899 e. The molecule has 1 atom stereocenters. The molecule has 62 valence electrons. The average Bonchev–Trinajstić information content (AvgIpc) is 1.89. The zero-order valence-corrected chi connectivity index (χ0v) is 7.41. The van der Waals surface area contributed by atoms with Gasteiger partial charge < -0.3 is 0 Å². The molecule has 0 heterocycles. The van der Waals surface area contributed by atoms with Crippen LogP contribution >= 0.6 is 0 Å². The monoisotopic (exact) mass is 146 g/mol. The van der Waals surface area contributed by atoms with Crippen LogP contribution < -0.4 is 0 Å². The Bertz CT molecular complexity index is 72.8. The van der Waals surface area contributed by atoms with Crippen LogP contribution in [0.1, 0.15) is 46.5 Å². The molecule has 0 aromatic carbocycles. The minimum Gasteiger partial charge on any atom is -0.251 e. The van der Waals surface area contributed by atoms with Crippen LogP contribution in [0.4, 0.5) is 4.39 Å². The minimum atomic E-state index is -0.162. The van der Waals surface area contributed by atoms with Gasteiger partial charge in [-0.3, -0.25) is 4.39 Å². The van der Waals surface area contributed by atoms with E-state index >= 15 is 0 Å². The van der Waals surface area contributed by atoms with Crippen molar-refractivity contribution in [1.29, 1.82) is 0 Å². The summed E-state index contributed by atoms with van der Waals surface area (Å²) in [6.07, 6.45) is 4.17. The molecule has 0 rings (SSSR count). The highest BCUT2D eigenvalue weighted by Crippen LogP contribution is 2.30. The predicted octanol–water partition coefficient (Wildman–Crippen LogP) is 3.56. The highest BCUT2D eigenvalue weighted by molar-refractivity contribution is 4.71. The summed E-state index contributed by atoms with van der Waals surface area (Å²) in [5.41, 5.74) is 0.267. The van der Waals surface area contributed by atoms with Crippen LogP contribution in [0, 0.1) is 5.41 Å². The molecule has 0 saturated carbocycles. The van der Waals surface area contributed by atoms with Crippen molar-refractivity contribution in [2.75, 3.05) is 6.67 Å². The van der Waals surface area contributed by atoms with Crippen molar-refractivity contribution in [1.82, 2.24) is 0 Å². The molecule has 0 saturated heterocycles. The molecule has 0 spiro atoms. The van der Waals surface area contributed by atoms with Gasteiger partial charge in [0.05, 0.1) is 6.67 Å². The van der Waals surface area contributed by atoms with Crippen LogP contribution in [0.25, 0.3) is 0 Å². The lowest BCUT2D eigenvalue weighted by atomic mass is 9.80. The topological polar surface area (TPSA) is 0 Å². The summed E-state index contributed by atoms with van der Waals surface area (Å²) in [5, 5.41) is 0. The molecule has 0 N–H and O–H groups in total. The maximum absolute atomic E-state index is 12.0. The highest BCUT2D eigenvalue weighted by atomic mass is 19.1. The fraction of sp³-hybridized carbons (Fsp3) is 1.00. The zero-order valence-electron chi connectivity index (χ0n) is 7.41. The molecule has 0 aliphatic carbocycles. The van der Waals surface area contributed by atoms with Gasteiger partial charge in [-0.2, -0.15) is 0 Å². The van der Waals surface area contributed by atoms with Crippen LogP contribution in [0.5, 0.6) is 0 Å². The number of hydrogen-bond donors (Lipinski definition) is 0. The third-order valence-electron chi connectivity index (χ3n) is 2.41. The first kappa shape index (κ1) is 9.93. The van der Waals surface area contributed by atoms with Crippen LogP contribution in [0.3, 0.4) is 0 Å². The maximum atomic E-state index is 12.0. The van der Waals surface area contributed by atoms with Crippen molar-refractivity contribution in [3.63, 3.8) is 0 Å². The van der Waals surface area contributed by atoms with Gasteiger partial charge in [0.2, 0.25) is 0 Å². The molecule has 0 fully saturated rings. The molecular formula is C9H19F. The Hall–Kier alpha value is -0.0700. The molecule has 0 radical (unpaired) electrons. The van der Waals surface area contributed by atoms with E-state index in [4.69, 9.17) is 0 Å². The molecule has 1 unspecified atom stereocenters. The van der Waals surface area contributed by atoms with E-state index in [1.807, 2.05) is 0 Å². The molecule has 0 aliphatic rings. The summed E-state index contributed by atoms with van der Waals surface area (Å²) in [6.45, 7) is 6.32. The third-order valence-corrected chi connectivity index (χ3v) is 2.41. The average molecular weight is 146 g/mol. The van der Waals surface area contributed by atoms with E-state index in [1.54, 1.807) is 0 Å². The van der Waals surface area contributed by atoms with Crippen molar-refractivity contribution in [3.05, 3.63) is 0 Å². The van der Waals surface area contributed by atoms with Gasteiger partial charge in [-0.15, -0.1) is 0 Å². The summed E-state index contributed by atoms with van der Waals surface area (Å²) in [4.78, 5) is 0. The fourth-order valence-electron chi connectivity index (χ4n) is 1.31. The number of hydrogen-bond acceptors (Lipinski definition) is 0. The number of rotatable bonds is 5. The van der Waals surface area contributed by atoms with Gasteiger partial charge in [-0.05, 0) is 18.3 Å². The summed E-state index contributed by atoms with van der Waals surface area (Å²) in [6, 6.07) is 0. The molecule has 0 nitrogen and oxygen atoms in total. The first-order valence-corrected chi connectivity index (χ1v) is 4.24. The largest absolute Gasteiger partial charge is 0.251 e. The second-order valence-electron chi connectivity index (χ2n) is 3.35. The molecular weight excluding hydrogens is 127 g/mol. The molecule has 10 heavy (non-hydrogen) atoms. The van der Waals surface area contributed by atoms with Crippen LogP contribution in [0.15, 0.2) is 0 Å². The second-order valence-corrected chi connectivity index (χ2v) is 3.35. The molecule has 0 amide bonds. The van der Waals surface area contributed by atoms with Crippen molar-refractivity contribution in [3.8, 4) is 0 Å². The Morgan fingerprint density at radius 3 is 2.10 bits per heavy atom. The van der Waals surface area contributed by atoms with Crippen molar-refractivity contribution < 1.29 is 4.39 Å². The van der Waals surface area contributed by atoms with Crippen LogP contribution in [-0.4, -0.2) is 6.67 Å². The Morgan fingerprint density at radius 2 is 1.80 bits per heavy atom. The second kappa shape index (κ2) is 4.70. The minimum absolute atomic E-state index is 0.162. The van der Waals surface area contributed by atoms with Crippen molar-refractivity contribution >= 4 is 0 Å². The van der Waals surface area contributed by atoms with Crippen LogP contribution in [-0.2, 0) is 0 Å². The quantitative estimate of drug-likeness (QED) is 0.556. The highest BCUT2D eigenvalue weighted by Gasteiger charge is 2.19. The molecule has 0 aliphatic heterocycles. The van der Waals surface area contributed by atoms with E-state index < -0.39 is 0 Å². The molecule has 0 aromatic heterocycles. The van der Waals surface area contributed by atoms with E-state index in [2.05, 4.69) is 20.8 Å². The van der Waals surface area contributed by atoms with Gasteiger partial charge in [0, 0.05) is 0 Å². The summed E-state index contributed by atoms with van der Waals surface area (Å²) < 4.78 is 12.0. The first-order chi connectivity index (χ1) is 4.68. The number of halogens is 1. The number of alkyl halides is 1. The van der Waals surface area contributed by atoms with Gasteiger partial charge in [-0.1, -0.05) is 33.6 Å². The normalized spacial score (nSPS) is 16.8. The SMILES string of the molecule is CCCC(C)(CC)CCF.